The van der Waals surface area contributed by atoms with Gasteiger partial charge in [-0.15, -0.1) is 11.3 Å². The molecule has 0 bridgehead atoms. The molecule has 2 nitrogen and oxygen atoms in total. The van der Waals surface area contributed by atoms with Gasteiger partial charge in [-0.25, -0.2) is 4.98 Å². The molecule has 0 saturated carbocycles. The Bertz CT molecular complexity index is 4220. The quantitative estimate of drug-likeness (QED) is 0.152. The van der Waals surface area contributed by atoms with Crippen molar-refractivity contribution in [3.05, 3.63) is 243 Å². The van der Waals surface area contributed by atoms with Gasteiger partial charge in [-0.2, -0.15) is 0 Å². The summed E-state index contributed by atoms with van der Waals surface area (Å²) in [5.74, 6) is 0. The van der Waals surface area contributed by atoms with Gasteiger partial charge in [0, 0.05) is 15.5 Å². The minimum absolute atomic E-state index is 1.00. The molecule has 0 amide bonds. The van der Waals surface area contributed by atoms with Crippen molar-refractivity contribution in [1.29, 1.82) is 0 Å². The van der Waals surface area contributed by atoms with Crippen LogP contribution in [0.5, 0.6) is 0 Å². The van der Waals surface area contributed by atoms with E-state index in [1.54, 1.807) is 0 Å². The Balaban J connectivity index is 0.854. The molecule has 14 aromatic rings. The first-order valence-electron chi connectivity index (χ1n) is 23.3. The Labute approximate surface area is 397 Å². The topological polar surface area (TPSA) is 17.3 Å². The molecule has 0 spiro atoms. The lowest BCUT2D eigenvalue weighted by Crippen LogP contribution is -1.93. The number of benzene rings is 11. The molecule has 0 fully saturated rings. The fraction of sp³-hybridized carbons (Fsp3) is 0. The molecule has 0 aliphatic heterocycles. The molecule has 0 N–H and O–H groups in total. The molecule has 0 radical (unpaired) electrons. The van der Waals surface area contributed by atoms with E-state index in [-0.39, 0.29) is 0 Å². The molecule has 3 heteroatoms. The van der Waals surface area contributed by atoms with Crippen molar-refractivity contribution in [3.8, 4) is 66.9 Å². The summed E-state index contributed by atoms with van der Waals surface area (Å²) in [7, 11) is 0. The molecular weight excluding hydrogens is 841 g/mol. The molecule has 0 unspecified atom stereocenters. The van der Waals surface area contributed by atoms with E-state index in [4.69, 9.17) is 4.98 Å². The second kappa shape index (κ2) is 15.5. The summed E-state index contributed by atoms with van der Waals surface area (Å²) in [4.78, 5) is 5.41. The Morgan fingerprint density at radius 1 is 0.309 bits per heavy atom. The third kappa shape index (κ3) is 6.35. The predicted octanol–water partition coefficient (Wildman–Crippen LogP) is 18.3. The van der Waals surface area contributed by atoms with Crippen LogP contribution in [0.15, 0.2) is 243 Å². The molecule has 316 valence electrons. The largest absolute Gasteiger partial charge is 0.291 e. The molecule has 0 aliphatic rings. The van der Waals surface area contributed by atoms with Crippen molar-refractivity contribution >= 4 is 80.5 Å². The van der Waals surface area contributed by atoms with Crippen molar-refractivity contribution in [3.63, 3.8) is 0 Å². The summed E-state index contributed by atoms with van der Waals surface area (Å²) in [5, 5.41) is 9.89. The maximum absolute atomic E-state index is 5.41. The Hall–Kier alpha value is -8.63. The minimum atomic E-state index is 1.00. The summed E-state index contributed by atoms with van der Waals surface area (Å²) in [6.45, 7) is 0. The van der Waals surface area contributed by atoms with Gasteiger partial charge in [-0.3, -0.25) is 4.40 Å². The number of aromatic nitrogens is 2. The monoisotopic (exact) mass is 880 g/mol. The van der Waals surface area contributed by atoms with Crippen molar-refractivity contribution in [2.45, 2.75) is 0 Å². The summed E-state index contributed by atoms with van der Waals surface area (Å²) in [5.41, 5.74) is 17.5. The number of nitrogens with zero attached hydrogens (tertiary/aromatic N) is 2. The molecule has 0 saturated heterocycles. The third-order valence-electron chi connectivity index (χ3n) is 13.9. The van der Waals surface area contributed by atoms with Crippen LogP contribution in [0, 0.1) is 0 Å². The van der Waals surface area contributed by atoms with Crippen LogP contribution in [-0.4, -0.2) is 9.38 Å². The highest BCUT2D eigenvalue weighted by Crippen LogP contribution is 2.43. The van der Waals surface area contributed by atoms with E-state index in [1.807, 2.05) is 11.3 Å². The summed E-state index contributed by atoms with van der Waals surface area (Å²) in [6, 6.07) is 89.0. The van der Waals surface area contributed by atoms with Crippen molar-refractivity contribution < 1.29 is 0 Å². The van der Waals surface area contributed by atoms with E-state index in [0.717, 1.165) is 27.9 Å². The van der Waals surface area contributed by atoms with Crippen molar-refractivity contribution in [1.82, 2.24) is 9.38 Å². The van der Waals surface area contributed by atoms with E-state index in [2.05, 4.69) is 247 Å². The highest BCUT2D eigenvalue weighted by atomic mass is 32.1. The molecule has 0 aliphatic carbocycles. The zero-order valence-electron chi connectivity index (χ0n) is 36.9. The van der Waals surface area contributed by atoms with Gasteiger partial charge < -0.3 is 0 Å². The van der Waals surface area contributed by atoms with E-state index < -0.39 is 0 Å². The number of rotatable bonds is 6. The number of thiophene rings is 1. The third-order valence-corrected chi connectivity index (χ3v) is 15.1. The second-order valence-corrected chi connectivity index (χ2v) is 19.0. The van der Waals surface area contributed by atoms with Gasteiger partial charge in [0.05, 0.1) is 21.4 Å². The number of hydrogen-bond donors (Lipinski definition) is 0. The van der Waals surface area contributed by atoms with Gasteiger partial charge >= 0.3 is 0 Å². The van der Waals surface area contributed by atoms with Crippen LogP contribution in [0.25, 0.3) is 136 Å². The second-order valence-electron chi connectivity index (χ2n) is 17.9. The SMILES string of the molecule is c1ccc(-c2cc(-c3ccccc3)cc(-c3ccc(-c4ccc(-c5ccc(-c6cc7c8ccccc8sc7c7nc8cc9cc%10ccccc%10cc9cc8n67)cc5)c5ccccc45)cc3)c2)cc1. The van der Waals surface area contributed by atoms with Crippen LogP contribution >= 0.6 is 11.3 Å². The molecule has 11 aromatic carbocycles. The van der Waals surface area contributed by atoms with Gasteiger partial charge in [0.15, 0.2) is 5.65 Å². The van der Waals surface area contributed by atoms with Crippen LogP contribution < -0.4 is 0 Å². The van der Waals surface area contributed by atoms with E-state index in [1.165, 1.54) is 108 Å². The fourth-order valence-electron chi connectivity index (χ4n) is 10.6. The van der Waals surface area contributed by atoms with Gasteiger partial charge in [0.2, 0.25) is 0 Å². The molecule has 0 atom stereocenters. The van der Waals surface area contributed by atoms with Gasteiger partial charge in [0.1, 0.15) is 0 Å². The van der Waals surface area contributed by atoms with Gasteiger partial charge in [-0.05, 0) is 148 Å². The molecular formula is C65H40N2S. The standard InChI is InChI=1S/C65H40N2S/c1-3-13-41(14-4-1)49-35-50(42-15-5-2-6-16-42)37-51(36-49)43-23-25-44(26-24-43)54-31-32-55(57-20-10-9-19-56(54)57)45-27-29-46(30-28-45)61-40-59-58-21-11-12-22-63(58)68-64(59)65-66-60-38-52-33-47-17-7-8-18-48(47)34-53(52)39-62(60)67(61)65/h1-40H. The highest BCUT2D eigenvalue weighted by molar-refractivity contribution is 7.26. The average molecular weight is 881 g/mol. The smallest absolute Gasteiger partial charge is 0.156 e. The van der Waals surface area contributed by atoms with Gasteiger partial charge in [-0.1, -0.05) is 188 Å². The lowest BCUT2D eigenvalue weighted by atomic mass is 9.90. The van der Waals surface area contributed by atoms with Crippen LogP contribution in [0.3, 0.4) is 0 Å². The number of pyridine rings is 1. The van der Waals surface area contributed by atoms with E-state index in [9.17, 15) is 0 Å². The Morgan fingerprint density at radius 3 is 1.37 bits per heavy atom. The zero-order valence-corrected chi connectivity index (χ0v) is 37.7. The van der Waals surface area contributed by atoms with Crippen LogP contribution in [0.1, 0.15) is 0 Å². The first-order valence-corrected chi connectivity index (χ1v) is 24.1. The molecule has 68 heavy (non-hydrogen) atoms. The lowest BCUT2D eigenvalue weighted by molar-refractivity contribution is 1.25. The van der Waals surface area contributed by atoms with Crippen molar-refractivity contribution in [2.75, 3.05) is 0 Å². The predicted molar refractivity (Wildman–Crippen MR) is 291 cm³/mol. The molecule has 3 heterocycles. The summed E-state index contributed by atoms with van der Waals surface area (Å²) >= 11 is 1.83. The first kappa shape index (κ1) is 38.6. The lowest BCUT2D eigenvalue weighted by Gasteiger charge is -2.14. The first-order chi connectivity index (χ1) is 33.7. The number of fused-ring (bicyclic) bond motifs is 10. The Morgan fingerprint density at radius 2 is 0.779 bits per heavy atom. The van der Waals surface area contributed by atoms with E-state index >= 15 is 0 Å². The minimum Gasteiger partial charge on any atom is -0.291 e. The van der Waals surface area contributed by atoms with Gasteiger partial charge in [0.25, 0.3) is 0 Å². The average Bonchev–Trinajstić information content (AvgIpc) is 3.98. The zero-order chi connectivity index (χ0) is 44.7. The highest BCUT2D eigenvalue weighted by Gasteiger charge is 2.19. The Kier molecular flexibility index (Phi) is 8.80. The molecule has 3 aromatic heterocycles. The van der Waals surface area contributed by atoms with Crippen LogP contribution in [0.2, 0.25) is 0 Å². The number of hydrogen-bond acceptors (Lipinski definition) is 2. The van der Waals surface area contributed by atoms with Crippen molar-refractivity contribution in [2.24, 2.45) is 0 Å². The summed E-state index contributed by atoms with van der Waals surface area (Å²) < 4.78 is 4.89. The molecule has 14 rings (SSSR count). The van der Waals surface area contributed by atoms with E-state index in [0.29, 0.717) is 0 Å². The fourth-order valence-corrected chi connectivity index (χ4v) is 11.7. The van der Waals surface area contributed by atoms with Crippen LogP contribution in [0.4, 0.5) is 0 Å². The maximum Gasteiger partial charge on any atom is 0.156 e. The maximum atomic E-state index is 5.41. The summed E-state index contributed by atoms with van der Waals surface area (Å²) in [6.07, 6.45) is 0. The number of imidazole rings is 1. The van der Waals surface area contributed by atoms with Crippen LogP contribution in [-0.2, 0) is 0 Å². The normalized spacial score (nSPS) is 11.8.